The van der Waals surface area contributed by atoms with E-state index in [9.17, 15) is 0 Å². The lowest BCUT2D eigenvalue weighted by molar-refractivity contribution is 0.180. The Morgan fingerprint density at radius 2 is 2.15 bits per heavy atom. The smallest absolute Gasteiger partial charge is 0.0952 e. The molecular weight excluding hydrogens is 162 g/mol. The molecule has 0 spiro atoms. The average Bonchev–Trinajstić information content (AvgIpc) is 2.25. The predicted molar refractivity (Wildman–Crippen MR) is 53.4 cm³/mol. The first-order chi connectivity index (χ1) is 6.15. The zero-order valence-corrected chi connectivity index (χ0v) is 8.82. The van der Waals surface area contributed by atoms with Crippen molar-refractivity contribution in [3.05, 3.63) is 0 Å². The van der Waals surface area contributed by atoms with Crippen LogP contribution in [0.15, 0.2) is 0 Å². The molecule has 0 aromatic rings. The van der Waals surface area contributed by atoms with E-state index in [4.69, 9.17) is 5.26 Å². The molecule has 3 heteroatoms. The van der Waals surface area contributed by atoms with E-state index in [1.807, 2.05) is 6.92 Å². The van der Waals surface area contributed by atoms with Crippen LogP contribution in [0.25, 0.3) is 0 Å². The molecule has 1 aliphatic heterocycles. The van der Waals surface area contributed by atoms with E-state index >= 15 is 0 Å². The number of nitriles is 1. The summed E-state index contributed by atoms with van der Waals surface area (Å²) in [6, 6.07) is 2.87. The zero-order valence-electron chi connectivity index (χ0n) is 8.82. The number of rotatable bonds is 1. The molecule has 3 nitrogen and oxygen atoms in total. The Kier molecular flexibility index (Phi) is 3.71. The molecular formula is C10H19N3. The normalized spacial score (nSPS) is 29.2. The lowest BCUT2D eigenvalue weighted by Gasteiger charge is -2.29. The van der Waals surface area contributed by atoms with Crippen LogP contribution < -0.4 is 0 Å². The quantitative estimate of drug-likeness (QED) is 0.602. The van der Waals surface area contributed by atoms with E-state index in [-0.39, 0.29) is 6.04 Å². The number of likely N-dealkylation sites (N-methyl/N-ethyl adjacent to an activating group) is 1. The minimum Gasteiger partial charge on any atom is -0.305 e. The van der Waals surface area contributed by atoms with Gasteiger partial charge in [-0.15, -0.1) is 0 Å². The lowest BCUT2D eigenvalue weighted by Crippen LogP contribution is -2.42. The minimum absolute atomic E-state index is 0.0569. The first kappa shape index (κ1) is 10.5. The minimum atomic E-state index is 0.0569. The van der Waals surface area contributed by atoms with Crippen LogP contribution in [0.4, 0.5) is 0 Å². The Labute approximate surface area is 80.9 Å². The van der Waals surface area contributed by atoms with Gasteiger partial charge in [-0.3, -0.25) is 4.90 Å². The van der Waals surface area contributed by atoms with Crippen LogP contribution in [-0.4, -0.2) is 48.6 Å². The van der Waals surface area contributed by atoms with Gasteiger partial charge in [-0.25, -0.2) is 0 Å². The van der Waals surface area contributed by atoms with Gasteiger partial charge in [0, 0.05) is 19.1 Å². The van der Waals surface area contributed by atoms with Crippen molar-refractivity contribution < 1.29 is 0 Å². The van der Waals surface area contributed by atoms with Crippen molar-refractivity contribution in [3.63, 3.8) is 0 Å². The van der Waals surface area contributed by atoms with E-state index in [1.54, 1.807) is 0 Å². The number of hydrogen-bond acceptors (Lipinski definition) is 3. The summed E-state index contributed by atoms with van der Waals surface area (Å²) in [4.78, 5) is 4.64. The SMILES string of the molecule is CC(C#N)N1CCCN(C)CC1C. The van der Waals surface area contributed by atoms with Crippen LogP contribution in [0, 0.1) is 11.3 Å². The molecule has 1 rings (SSSR count). The summed E-state index contributed by atoms with van der Waals surface area (Å²) in [5.41, 5.74) is 0. The van der Waals surface area contributed by atoms with Crippen LogP contribution in [0.5, 0.6) is 0 Å². The number of hydrogen-bond donors (Lipinski definition) is 0. The van der Waals surface area contributed by atoms with Gasteiger partial charge in [0.05, 0.1) is 12.1 Å². The summed E-state index contributed by atoms with van der Waals surface area (Å²) >= 11 is 0. The van der Waals surface area contributed by atoms with Crippen LogP contribution in [0.3, 0.4) is 0 Å². The molecule has 2 atom stereocenters. The van der Waals surface area contributed by atoms with E-state index in [2.05, 4.69) is 29.8 Å². The highest BCUT2D eigenvalue weighted by atomic mass is 15.2. The Morgan fingerprint density at radius 3 is 2.77 bits per heavy atom. The maximum atomic E-state index is 8.86. The van der Waals surface area contributed by atoms with Gasteiger partial charge in [0.15, 0.2) is 0 Å². The van der Waals surface area contributed by atoms with Crippen LogP contribution in [0.2, 0.25) is 0 Å². The molecule has 0 bridgehead atoms. The van der Waals surface area contributed by atoms with E-state index < -0.39 is 0 Å². The van der Waals surface area contributed by atoms with Gasteiger partial charge in [0.1, 0.15) is 0 Å². The highest BCUT2D eigenvalue weighted by Gasteiger charge is 2.23. The van der Waals surface area contributed by atoms with Gasteiger partial charge in [-0.1, -0.05) is 0 Å². The molecule has 74 valence electrons. The second-order valence-electron chi connectivity index (χ2n) is 4.01. The Bertz CT molecular complexity index is 197. The lowest BCUT2D eigenvalue weighted by atomic mass is 10.2. The molecule has 13 heavy (non-hydrogen) atoms. The topological polar surface area (TPSA) is 30.3 Å². The van der Waals surface area contributed by atoms with Crippen molar-refractivity contribution in [2.24, 2.45) is 0 Å². The van der Waals surface area contributed by atoms with Gasteiger partial charge in [0.2, 0.25) is 0 Å². The Balaban J connectivity index is 2.59. The van der Waals surface area contributed by atoms with Gasteiger partial charge in [-0.05, 0) is 33.9 Å². The van der Waals surface area contributed by atoms with Crippen molar-refractivity contribution in [2.45, 2.75) is 32.4 Å². The monoisotopic (exact) mass is 181 g/mol. The fourth-order valence-corrected chi connectivity index (χ4v) is 2.04. The molecule has 1 saturated heterocycles. The van der Waals surface area contributed by atoms with E-state index in [0.29, 0.717) is 6.04 Å². The average molecular weight is 181 g/mol. The van der Waals surface area contributed by atoms with Crippen LogP contribution in [-0.2, 0) is 0 Å². The molecule has 0 saturated carbocycles. The molecule has 1 aliphatic rings. The Morgan fingerprint density at radius 1 is 1.46 bits per heavy atom. The largest absolute Gasteiger partial charge is 0.305 e. The molecule has 0 radical (unpaired) electrons. The van der Waals surface area contributed by atoms with Crippen LogP contribution in [0.1, 0.15) is 20.3 Å². The van der Waals surface area contributed by atoms with Crippen molar-refractivity contribution in [2.75, 3.05) is 26.7 Å². The maximum absolute atomic E-state index is 8.86. The maximum Gasteiger partial charge on any atom is 0.0952 e. The molecule has 0 aliphatic carbocycles. The zero-order chi connectivity index (χ0) is 9.84. The Hall–Kier alpha value is -0.590. The predicted octanol–water partition coefficient (Wildman–Crippen LogP) is 0.924. The van der Waals surface area contributed by atoms with E-state index in [0.717, 1.165) is 19.6 Å². The fraction of sp³-hybridized carbons (Fsp3) is 0.900. The summed E-state index contributed by atoms with van der Waals surface area (Å²) in [6.45, 7) is 7.47. The van der Waals surface area contributed by atoms with Crippen molar-refractivity contribution in [1.29, 1.82) is 5.26 Å². The highest BCUT2D eigenvalue weighted by Crippen LogP contribution is 2.11. The molecule has 0 amide bonds. The van der Waals surface area contributed by atoms with Gasteiger partial charge < -0.3 is 4.90 Å². The molecule has 0 aromatic heterocycles. The summed E-state index contributed by atoms with van der Waals surface area (Å²) in [5, 5.41) is 8.86. The van der Waals surface area contributed by atoms with Crippen molar-refractivity contribution in [1.82, 2.24) is 9.80 Å². The van der Waals surface area contributed by atoms with Gasteiger partial charge >= 0.3 is 0 Å². The molecule has 0 N–H and O–H groups in total. The molecule has 0 aromatic carbocycles. The second kappa shape index (κ2) is 4.59. The summed E-state index contributed by atoms with van der Waals surface area (Å²) in [6.07, 6.45) is 1.17. The number of nitrogens with zero attached hydrogens (tertiary/aromatic N) is 3. The van der Waals surface area contributed by atoms with Crippen LogP contribution >= 0.6 is 0 Å². The van der Waals surface area contributed by atoms with E-state index in [1.165, 1.54) is 6.42 Å². The standard InChI is InChI=1S/C10H19N3/c1-9(7-11)13-6-4-5-12(3)8-10(13)2/h9-10H,4-6,8H2,1-3H3. The first-order valence-electron chi connectivity index (χ1n) is 4.99. The van der Waals surface area contributed by atoms with Gasteiger partial charge in [0.25, 0.3) is 0 Å². The highest BCUT2D eigenvalue weighted by molar-refractivity contribution is 4.91. The summed E-state index contributed by atoms with van der Waals surface area (Å²) < 4.78 is 0. The van der Waals surface area contributed by atoms with Crippen molar-refractivity contribution >= 4 is 0 Å². The van der Waals surface area contributed by atoms with Gasteiger partial charge in [-0.2, -0.15) is 5.26 Å². The second-order valence-corrected chi connectivity index (χ2v) is 4.01. The first-order valence-corrected chi connectivity index (χ1v) is 4.99. The third-order valence-electron chi connectivity index (χ3n) is 2.78. The molecule has 1 heterocycles. The summed E-state index contributed by atoms with van der Waals surface area (Å²) in [7, 11) is 2.15. The molecule has 2 unspecified atom stereocenters. The third-order valence-corrected chi connectivity index (χ3v) is 2.78. The van der Waals surface area contributed by atoms with Crippen molar-refractivity contribution in [3.8, 4) is 6.07 Å². The molecule has 1 fully saturated rings. The fourth-order valence-electron chi connectivity index (χ4n) is 2.04. The summed E-state index contributed by atoms with van der Waals surface area (Å²) in [5.74, 6) is 0. The third kappa shape index (κ3) is 2.68.